The molecule has 1 aliphatic carbocycles. The summed E-state index contributed by atoms with van der Waals surface area (Å²) in [5, 5.41) is 21.1. The molecule has 2 N–H and O–H groups in total. The van der Waals surface area contributed by atoms with E-state index in [0.717, 1.165) is 0 Å². The Bertz CT molecular complexity index is 863. The highest BCUT2D eigenvalue weighted by Crippen LogP contribution is 2.26. The van der Waals surface area contributed by atoms with Crippen LogP contribution in [0, 0.1) is 0 Å². The molecule has 29 heavy (non-hydrogen) atoms. The van der Waals surface area contributed by atoms with Gasteiger partial charge in [0.05, 0.1) is 11.1 Å². The van der Waals surface area contributed by atoms with Crippen LogP contribution in [-0.4, -0.2) is 60.3 Å². The number of carbonyl (C=O) groups excluding carboxylic acids is 2. The minimum atomic E-state index is -1.35. The van der Waals surface area contributed by atoms with Crippen LogP contribution in [0.25, 0.3) is 0 Å². The molecule has 0 saturated heterocycles. The molecule has 0 fully saturated rings. The van der Waals surface area contributed by atoms with Gasteiger partial charge < -0.3 is 24.4 Å². The van der Waals surface area contributed by atoms with E-state index in [-0.39, 0.29) is 17.7 Å². The van der Waals surface area contributed by atoms with Gasteiger partial charge in [-0.15, -0.1) is 0 Å². The third-order valence-electron chi connectivity index (χ3n) is 4.65. The van der Waals surface area contributed by atoms with Gasteiger partial charge in [0, 0.05) is 7.11 Å². The molecule has 0 saturated carbocycles. The van der Waals surface area contributed by atoms with Gasteiger partial charge in [0.25, 0.3) is 0 Å². The van der Waals surface area contributed by atoms with Crippen LogP contribution >= 0.6 is 0 Å². The van der Waals surface area contributed by atoms with Crippen LogP contribution in [0.2, 0.25) is 0 Å². The quantitative estimate of drug-likeness (QED) is 0.564. The van der Waals surface area contributed by atoms with Gasteiger partial charge in [-0.2, -0.15) is 0 Å². The summed E-state index contributed by atoms with van der Waals surface area (Å²) in [4.78, 5) is 24.5. The van der Waals surface area contributed by atoms with E-state index >= 15 is 0 Å². The van der Waals surface area contributed by atoms with Crippen molar-refractivity contribution in [2.24, 2.45) is 0 Å². The zero-order valence-corrected chi connectivity index (χ0v) is 15.8. The lowest BCUT2D eigenvalue weighted by molar-refractivity contribution is -0.111. The minimum absolute atomic E-state index is 0.235. The molecule has 7 nitrogen and oxygen atoms in total. The van der Waals surface area contributed by atoms with E-state index in [4.69, 9.17) is 14.2 Å². The normalized spacial score (nSPS) is 23.8. The number of methoxy groups -OCH3 is 1. The van der Waals surface area contributed by atoms with Crippen LogP contribution in [-0.2, 0) is 14.2 Å². The molecule has 152 valence electrons. The number of ether oxygens (including phenoxy) is 3. The summed E-state index contributed by atoms with van der Waals surface area (Å²) < 4.78 is 15.8. The van der Waals surface area contributed by atoms with Crippen molar-refractivity contribution in [2.45, 2.75) is 24.4 Å². The van der Waals surface area contributed by atoms with Crippen LogP contribution in [0.5, 0.6) is 0 Å². The third kappa shape index (κ3) is 4.89. The molecule has 0 heterocycles. The number of carbonyl (C=O) groups is 2. The second-order valence-electron chi connectivity index (χ2n) is 6.56. The number of hydrogen-bond donors (Lipinski definition) is 2. The first-order chi connectivity index (χ1) is 14.0. The van der Waals surface area contributed by atoms with E-state index in [2.05, 4.69) is 0 Å². The van der Waals surface area contributed by atoms with Crippen LogP contribution < -0.4 is 0 Å². The second kappa shape index (κ2) is 9.47. The topological polar surface area (TPSA) is 102 Å². The van der Waals surface area contributed by atoms with E-state index in [9.17, 15) is 19.8 Å². The molecule has 3 rings (SSSR count). The van der Waals surface area contributed by atoms with Gasteiger partial charge in [0.1, 0.15) is 24.9 Å². The Kier molecular flexibility index (Phi) is 6.77. The number of benzene rings is 2. The monoisotopic (exact) mass is 398 g/mol. The van der Waals surface area contributed by atoms with Crippen molar-refractivity contribution in [3.05, 3.63) is 83.4 Å². The average Bonchev–Trinajstić information content (AvgIpc) is 2.77. The van der Waals surface area contributed by atoms with E-state index in [0.29, 0.717) is 5.56 Å². The molecule has 2 aromatic carbocycles. The van der Waals surface area contributed by atoms with E-state index in [1.807, 2.05) is 0 Å². The maximum Gasteiger partial charge on any atom is 0.338 e. The molecule has 0 bridgehead atoms. The fourth-order valence-electron chi connectivity index (χ4n) is 3.04. The first-order valence-corrected chi connectivity index (χ1v) is 9.09. The Morgan fingerprint density at radius 3 is 2.00 bits per heavy atom. The summed E-state index contributed by atoms with van der Waals surface area (Å²) in [5.41, 5.74) is 0.929. The van der Waals surface area contributed by atoms with Gasteiger partial charge in [-0.05, 0) is 35.9 Å². The standard InChI is InChI=1S/C22H22O7/c1-27-17-12-16(13-28-21(25)14-8-4-2-5-9-14)18(23)20(19(17)24)29-22(26)15-10-6-3-7-11-15/h2-12,17-20,23-24H,13H2,1H3/t17-,18+,19+,20-/m0/s1. The number of esters is 2. The van der Waals surface area contributed by atoms with Gasteiger partial charge in [0.2, 0.25) is 0 Å². The molecule has 0 radical (unpaired) electrons. The highest BCUT2D eigenvalue weighted by molar-refractivity contribution is 5.90. The molecule has 1 aliphatic rings. The predicted octanol–water partition coefficient (Wildman–Crippen LogP) is 1.75. The highest BCUT2D eigenvalue weighted by Gasteiger charge is 2.41. The summed E-state index contributed by atoms with van der Waals surface area (Å²) >= 11 is 0. The van der Waals surface area contributed by atoms with Crippen molar-refractivity contribution in [1.82, 2.24) is 0 Å². The molecular weight excluding hydrogens is 376 g/mol. The highest BCUT2D eigenvalue weighted by atomic mass is 16.6. The predicted molar refractivity (Wildman–Crippen MR) is 103 cm³/mol. The zero-order chi connectivity index (χ0) is 20.8. The Morgan fingerprint density at radius 2 is 1.45 bits per heavy atom. The maximum atomic E-state index is 12.4. The first-order valence-electron chi connectivity index (χ1n) is 9.09. The van der Waals surface area contributed by atoms with E-state index in [1.165, 1.54) is 13.2 Å². The fraction of sp³-hybridized carbons (Fsp3) is 0.273. The molecule has 0 spiro atoms. The molecule has 7 heteroatoms. The van der Waals surface area contributed by atoms with Crippen molar-refractivity contribution in [3.8, 4) is 0 Å². The third-order valence-corrected chi connectivity index (χ3v) is 4.65. The van der Waals surface area contributed by atoms with Crippen LogP contribution in [0.1, 0.15) is 20.7 Å². The lowest BCUT2D eigenvalue weighted by atomic mass is 9.89. The molecule has 0 unspecified atom stereocenters. The lowest BCUT2D eigenvalue weighted by Gasteiger charge is -2.36. The van der Waals surface area contributed by atoms with Gasteiger partial charge in [-0.25, -0.2) is 9.59 Å². The molecule has 0 aromatic heterocycles. The Hall–Kier alpha value is -3.00. The minimum Gasteiger partial charge on any atom is -0.457 e. The largest absolute Gasteiger partial charge is 0.457 e. The lowest BCUT2D eigenvalue weighted by Crippen LogP contribution is -2.52. The maximum absolute atomic E-state index is 12.4. The second-order valence-corrected chi connectivity index (χ2v) is 6.56. The molecule has 2 aromatic rings. The summed E-state index contributed by atoms with van der Waals surface area (Å²) in [6.07, 6.45) is -3.27. The number of hydrogen-bond acceptors (Lipinski definition) is 7. The van der Waals surface area contributed by atoms with E-state index < -0.39 is 36.4 Å². The SMILES string of the molecule is CO[C@H]1C=C(COC(=O)c2ccccc2)[C@@H](O)[C@H](OC(=O)c2ccccc2)[C@@H]1O. The number of aliphatic hydroxyl groups excluding tert-OH is 2. The van der Waals surface area contributed by atoms with Crippen molar-refractivity contribution in [1.29, 1.82) is 0 Å². The van der Waals surface area contributed by atoms with Crippen molar-refractivity contribution in [3.63, 3.8) is 0 Å². The van der Waals surface area contributed by atoms with E-state index in [1.54, 1.807) is 60.7 Å². The van der Waals surface area contributed by atoms with Crippen LogP contribution in [0.3, 0.4) is 0 Å². The zero-order valence-electron chi connectivity index (χ0n) is 15.8. The Morgan fingerprint density at radius 1 is 0.897 bits per heavy atom. The van der Waals surface area contributed by atoms with Crippen molar-refractivity contribution < 1.29 is 34.0 Å². The van der Waals surface area contributed by atoms with Gasteiger partial charge in [-0.3, -0.25) is 0 Å². The first kappa shape index (κ1) is 20.7. The molecule has 4 atom stereocenters. The average molecular weight is 398 g/mol. The van der Waals surface area contributed by atoms with Gasteiger partial charge in [-0.1, -0.05) is 36.4 Å². The summed E-state index contributed by atoms with van der Waals surface area (Å²) in [5.74, 6) is -1.25. The summed E-state index contributed by atoms with van der Waals surface area (Å²) in [6, 6.07) is 16.7. The van der Waals surface area contributed by atoms with Crippen LogP contribution in [0.15, 0.2) is 72.3 Å². The Labute approximate surface area is 168 Å². The number of rotatable bonds is 6. The smallest absolute Gasteiger partial charge is 0.338 e. The Balaban J connectivity index is 1.72. The molecular formula is C22H22O7. The number of aliphatic hydroxyl groups is 2. The van der Waals surface area contributed by atoms with Crippen molar-refractivity contribution in [2.75, 3.05) is 13.7 Å². The summed E-state index contributed by atoms with van der Waals surface area (Å²) in [7, 11) is 1.38. The van der Waals surface area contributed by atoms with Gasteiger partial charge >= 0.3 is 11.9 Å². The van der Waals surface area contributed by atoms with Crippen molar-refractivity contribution >= 4 is 11.9 Å². The van der Waals surface area contributed by atoms with Gasteiger partial charge in [0.15, 0.2) is 6.10 Å². The summed E-state index contributed by atoms with van der Waals surface area (Å²) in [6.45, 7) is -0.235. The molecule has 0 amide bonds. The molecule has 0 aliphatic heterocycles. The fourth-order valence-corrected chi connectivity index (χ4v) is 3.04. The van der Waals surface area contributed by atoms with Crippen LogP contribution in [0.4, 0.5) is 0 Å².